The highest BCUT2D eigenvalue weighted by molar-refractivity contribution is 5.37. The smallest absolute Gasteiger partial charge is 0.123 e. The molecular formula is C17H19FO2. The van der Waals surface area contributed by atoms with Crippen molar-refractivity contribution in [3.8, 4) is 5.75 Å². The first-order valence-electron chi connectivity index (χ1n) is 6.64. The fourth-order valence-corrected chi connectivity index (χ4v) is 2.05. The minimum atomic E-state index is -0.492. The van der Waals surface area contributed by atoms with Crippen LogP contribution >= 0.6 is 0 Å². The van der Waals surface area contributed by atoms with Crippen molar-refractivity contribution in [1.82, 2.24) is 0 Å². The van der Waals surface area contributed by atoms with Crippen molar-refractivity contribution in [3.05, 3.63) is 64.5 Å². The molecule has 0 unspecified atom stereocenters. The summed E-state index contributed by atoms with van der Waals surface area (Å²) in [5.74, 6) is 0.494. The van der Waals surface area contributed by atoms with Gasteiger partial charge in [-0.15, -0.1) is 0 Å². The number of rotatable bonds is 4. The minimum Gasteiger partial charge on any atom is -0.489 e. The zero-order chi connectivity index (χ0) is 14.7. The van der Waals surface area contributed by atoms with Gasteiger partial charge in [-0.25, -0.2) is 4.39 Å². The molecule has 0 spiro atoms. The topological polar surface area (TPSA) is 29.5 Å². The molecule has 0 heterocycles. The first-order chi connectivity index (χ1) is 9.47. The molecule has 0 aromatic heterocycles. The molecule has 2 aromatic rings. The third-order valence-electron chi connectivity index (χ3n) is 3.38. The van der Waals surface area contributed by atoms with Crippen LogP contribution in [0.15, 0.2) is 36.4 Å². The lowest BCUT2D eigenvalue weighted by molar-refractivity contribution is 0.199. The SMILES string of the molecule is Cc1ccc(F)cc1COc1ccc([C@@H](C)O)cc1C. The summed E-state index contributed by atoms with van der Waals surface area (Å²) in [5, 5.41) is 9.53. The largest absolute Gasteiger partial charge is 0.489 e. The van der Waals surface area contributed by atoms with Gasteiger partial charge in [0.25, 0.3) is 0 Å². The predicted octanol–water partition coefficient (Wildman–Crippen LogP) is 4.07. The molecule has 0 amide bonds. The third kappa shape index (κ3) is 3.36. The van der Waals surface area contributed by atoms with Crippen LogP contribution in [-0.4, -0.2) is 5.11 Å². The van der Waals surface area contributed by atoms with Gasteiger partial charge < -0.3 is 9.84 Å². The molecule has 0 aliphatic rings. The molecule has 0 saturated heterocycles. The van der Waals surface area contributed by atoms with E-state index in [-0.39, 0.29) is 5.82 Å². The van der Waals surface area contributed by atoms with Crippen molar-refractivity contribution in [2.75, 3.05) is 0 Å². The highest BCUT2D eigenvalue weighted by Gasteiger charge is 2.07. The Balaban J connectivity index is 2.13. The molecule has 0 fully saturated rings. The molecule has 2 nitrogen and oxygen atoms in total. The molecule has 0 radical (unpaired) electrons. The van der Waals surface area contributed by atoms with Gasteiger partial charge in [0.2, 0.25) is 0 Å². The molecule has 2 rings (SSSR count). The van der Waals surface area contributed by atoms with E-state index in [9.17, 15) is 9.50 Å². The van der Waals surface area contributed by atoms with Crippen molar-refractivity contribution in [3.63, 3.8) is 0 Å². The molecule has 0 bridgehead atoms. The summed E-state index contributed by atoms with van der Waals surface area (Å²) in [6, 6.07) is 10.3. The summed E-state index contributed by atoms with van der Waals surface area (Å²) in [5.41, 5.74) is 3.66. The number of aryl methyl sites for hydroxylation is 2. The highest BCUT2D eigenvalue weighted by atomic mass is 19.1. The van der Waals surface area contributed by atoms with E-state index in [1.165, 1.54) is 12.1 Å². The van der Waals surface area contributed by atoms with Gasteiger partial charge in [0, 0.05) is 0 Å². The molecule has 20 heavy (non-hydrogen) atoms. The van der Waals surface area contributed by atoms with Crippen LogP contribution in [-0.2, 0) is 6.61 Å². The van der Waals surface area contributed by atoms with Crippen LogP contribution in [0.1, 0.15) is 35.3 Å². The molecule has 3 heteroatoms. The lowest BCUT2D eigenvalue weighted by Gasteiger charge is -2.13. The Morgan fingerprint density at radius 2 is 1.85 bits per heavy atom. The van der Waals surface area contributed by atoms with Crippen molar-refractivity contribution < 1.29 is 14.2 Å². The Morgan fingerprint density at radius 1 is 1.10 bits per heavy atom. The molecule has 1 N–H and O–H groups in total. The van der Waals surface area contributed by atoms with Crippen LogP contribution in [0.5, 0.6) is 5.75 Å². The molecule has 2 aromatic carbocycles. The van der Waals surface area contributed by atoms with Crippen LogP contribution in [0.3, 0.4) is 0 Å². The van der Waals surface area contributed by atoms with E-state index in [1.807, 2.05) is 32.0 Å². The number of aliphatic hydroxyl groups excluding tert-OH is 1. The first kappa shape index (κ1) is 14.5. The molecule has 0 saturated carbocycles. The van der Waals surface area contributed by atoms with E-state index in [2.05, 4.69) is 0 Å². The van der Waals surface area contributed by atoms with E-state index >= 15 is 0 Å². The van der Waals surface area contributed by atoms with Crippen LogP contribution < -0.4 is 4.74 Å². The fourth-order valence-electron chi connectivity index (χ4n) is 2.05. The van der Waals surface area contributed by atoms with Gasteiger partial charge in [0.1, 0.15) is 18.2 Å². The highest BCUT2D eigenvalue weighted by Crippen LogP contribution is 2.24. The summed E-state index contributed by atoms with van der Waals surface area (Å²) in [7, 11) is 0. The second-order valence-corrected chi connectivity index (χ2v) is 5.06. The Morgan fingerprint density at radius 3 is 2.50 bits per heavy atom. The van der Waals surface area contributed by atoms with E-state index in [0.29, 0.717) is 6.61 Å². The standard InChI is InChI=1S/C17H19FO2/c1-11-4-6-16(18)9-15(11)10-20-17-7-5-14(13(3)19)8-12(17)2/h4-9,13,19H,10H2,1-3H3/t13-/m1/s1. The Kier molecular flexibility index (Phi) is 4.40. The van der Waals surface area contributed by atoms with Gasteiger partial charge in [-0.1, -0.05) is 12.1 Å². The summed E-state index contributed by atoms with van der Waals surface area (Å²) in [4.78, 5) is 0. The molecular weight excluding hydrogens is 255 g/mol. The number of aliphatic hydroxyl groups is 1. The van der Waals surface area contributed by atoms with Gasteiger partial charge >= 0.3 is 0 Å². The van der Waals surface area contributed by atoms with Gasteiger partial charge in [0.05, 0.1) is 6.10 Å². The van der Waals surface area contributed by atoms with Crippen molar-refractivity contribution in [2.24, 2.45) is 0 Å². The number of ether oxygens (including phenoxy) is 1. The van der Waals surface area contributed by atoms with Gasteiger partial charge in [0.15, 0.2) is 0 Å². The zero-order valence-corrected chi connectivity index (χ0v) is 12.0. The first-order valence-corrected chi connectivity index (χ1v) is 6.64. The van der Waals surface area contributed by atoms with E-state index in [1.54, 1.807) is 13.0 Å². The van der Waals surface area contributed by atoms with Crippen molar-refractivity contribution >= 4 is 0 Å². The van der Waals surface area contributed by atoms with Crippen molar-refractivity contribution in [1.29, 1.82) is 0 Å². The van der Waals surface area contributed by atoms with Crippen LogP contribution in [0.25, 0.3) is 0 Å². The Hall–Kier alpha value is -1.87. The average molecular weight is 274 g/mol. The number of halogens is 1. The van der Waals surface area contributed by atoms with Crippen LogP contribution in [0.2, 0.25) is 0 Å². The monoisotopic (exact) mass is 274 g/mol. The lowest BCUT2D eigenvalue weighted by Crippen LogP contribution is -2.01. The van der Waals surface area contributed by atoms with Crippen LogP contribution in [0.4, 0.5) is 4.39 Å². The fraction of sp³-hybridized carbons (Fsp3) is 0.294. The summed E-state index contributed by atoms with van der Waals surface area (Å²) < 4.78 is 19.0. The molecule has 106 valence electrons. The normalized spacial score (nSPS) is 12.2. The van der Waals surface area contributed by atoms with E-state index in [0.717, 1.165) is 28.0 Å². The molecule has 0 aliphatic heterocycles. The Labute approximate surface area is 118 Å². The van der Waals surface area contributed by atoms with Gasteiger partial charge in [-0.05, 0) is 67.3 Å². The third-order valence-corrected chi connectivity index (χ3v) is 3.38. The predicted molar refractivity (Wildman–Crippen MR) is 77.3 cm³/mol. The minimum absolute atomic E-state index is 0.254. The second-order valence-electron chi connectivity index (χ2n) is 5.06. The van der Waals surface area contributed by atoms with Gasteiger partial charge in [-0.2, -0.15) is 0 Å². The second kappa shape index (κ2) is 6.06. The maximum Gasteiger partial charge on any atom is 0.123 e. The van der Waals surface area contributed by atoms with E-state index in [4.69, 9.17) is 4.74 Å². The number of hydrogen-bond donors (Lipinski definition) is 1. The average Bonchev–Trinajstić information content (AvgIpc) is 2.40. The quantitative estimate of drug-likeness (QED) is 0.910. The number of hydrogen-bond acceptors (Lipinski definition) is 2. The maximum absolute atomic E-state index is 13.2. The van der Waals surface area contributed by atoms with E-state index < -0.39 is 6.10 Å². The maximum atomic E-state index is 13.2. The summed E-state index contributed by atoms with van der Waals surface area (Å²) >= 11 is 0. The zero-order valence-electron chi connectivity index (χ0n) is 12.0. The Bertz CT molecular complexity index is 606. The van der Waals surface area contributed by atoms with Gasteiger partial charge in [-0.3, -0.25) is 0 Å². The molecule has 0 aliphatic carbocycles. The molecule has 1 atom stereocenters. The summed E-state index contributed by atoms with van der Waals surface area (Å²) in [6.45, 7) is 5.92. The number of benzene rings is 2. The van der Waals surface area contributed by atoms with Crippen LogP contribution in [0, 0.1) is 19.7 Å². The summed E-state index contributed by atoms with van der Waals surface area (Å²) in [6.07, 6.45) is -0.492. The van der Waals surface area contributed by atoms with Crippen molar-refractivity contribution in [2.45, 2.75) is 33.5 Å². The lowest BCUT2D eigenvalue weighted by atomic mass is 10.1.